The van der Waals surface area contributed by atoms with Gasteiger partial charge in [0.1, 0.15) is 12.0 Å². The van der Waals surface area contributed by atoms with Crippen molar-refractivity contribution < 1.29 is 18.7 Å². The van der Waals surface area contributed by atoms with Gasteiger partial charge in [-0.25, -0.2) is 13.6 Å². The van der Waals surface area contributed by atoms with Gasteiger partial charge in [0, 0.05) is 25.0 Å². The van der Waals surface area contributed by atoms with Crippen molar-refractivity contribution in [3.05, 3.63) is 35.6 Å². The summed E-state index contributed by atoms with van der Waals surface area (Å²) in [4.78, 5) is 14.8. The van der Waals surface area contributed by atoms with Crippen molar-refractivity contribution in [1.82, 2.24) is 9.80 Å². The number of benzene rings is 1. The Morgan fingerprint density at radius 2 is 1.71 bits per heavy atom. The molecular formula is C18H24F2N2O2. The minimum absolute atomic E-state index is 0.352. The fraction of sp³-hybridized carbons (Fsp3) is 0.611. The SMILES string of the molecule is O=C(O)N1CCC(CN2CCCC2)(C(F)c2ccc(F)cc2)CC1. The van der Waals surface area contributed by atoms with E-state index in [1.807, 2.05) is 0 Å². The largest absolute Gasteiger partial charge is 0.465 e. The molecule has 0 aliphatic carbocycles. The van der Waals surface area contributed by atoms with E-state index in [2.05, 4.69) is 4.90 Å². The minimum atomic E-state index is -1.21. The lowest BCUT2D eigenvalue weighted by molar-refractivity contribution is 0.00210. The smallest absolute Gasteiger partial charge is 0.407 e. The van der Waals surface area contributed by atoms with Crippen molar-refractivity contribution in [3.63, 3.8) is 0 Å². The Hall–Kier alpha value is -1.69. The van der Waals surface area contributed by atoms with E-state index in [9.17, 15) is 9.18 Å². The van der Waals surface area contributed by atoms with Crippen LogP contribution in [0.5, 0.6) is 0 Å². The highest BCUT2D eigenvalue weighted by Gasteiger charge is 2.45. The number of likely N-dealkylation sites (tertiary alicyclic amines) is 2. The van der Waals surface area contributed by atoms with Crippen LogP contribution in [-0.4, -0.2) is 53.7 Å². The molecule has 0 aromatic heterocycles. The van der Waals surface area contributed by atoms with Crippen LogP contribution in [0.2, 0.25) is 0 Å². The van der Waals surface area contributed by atoms with Gasteiger partial charge in [-0.1, -0.05) is 12.1 Å². The molecule has 0 saturated carbocycles. The van der Waals surface area contributed by atoms with E-state index >= 15 is 4.39 Å². The van der Waals surface area contributed by atoms with E-state index in [0.29, 0.717) is 38.0 Å². The lowest BCUT2D eigenvalue weighted by Gasteiger charge is -2.45. The minimum Gasteiger partial charge on any atom is -0.465 e. The van der Waals surface area contributed by atoms with Gasteiger partial charge < -0.3 is 14.9 Å². The number of carbonyl (C=O) groups is 1. The van der Waals surface area contributed by atoms with Crippen LogP contribution in [0.25, 0.3) is 0 Å². The zero-order valence-corrected chi connectivity index (χ0v) is 13.8. The maximum Gasteiger partial charge on any atom is 0.407 e. The maximum atomic E-state index is 15.5. The van der Waals surface area contributed by atoms with Gasteiger partial charge in [-0.2, -0.15) is 0 Å². The molecule has 1 N–H and O–H groups in total. The molecular weight excluding hydrogens is 314 g/mol. The van der Waals surface area contributed by atoms with Crippen molar-refractivity contribution in [1.29, 1.82) is 0 Å². The molecule has 2 aliphatic rings. The molecule has 1 aromatic rings. The third kappa shape index (κ3) is 3.53. The average Bonchev–Trinajstić information content (AvgIpc) is 3.08. The Morgan fingerprint density at radius 1 is 1.12 bits per heavy atom. The fourth-order valence-electron chi connectivity index (χ4n) is 4.01. The van der Waals surface area contributed by atoms with Crippen LogP contribution in [0.4, 0.5) is 13.6 Å². The summed E-state index contributed by atoms with van der Waals surface area (Å²) < 4.78 is 28.6. The number of halogens is 2. The standard InChI is InChI=1S/C18H24F2N2O2/c19-15-5-3-14(4-6-15)16(20)18(13-21-9-1-2-10-21)7-11-22(12-8-18)17(23)24/h3-6,16H,1-2,7-13H2,(H,23,24). The molecule has 24 heavy (non-hydrogen) atoms. The first-order chi connectivity index (χ1) is 11.5. The number of amides is 1. The average molecular weight is 338 g/mol. The van der Waals surface area contributed by atoms with Gasteiger partial charge >= 0.3 is 6.09 Å². The van der Waals surface area contributed by atoms with Gasteiger partial charge in [-0.05, 0) is 56.5 Å². The van der Waals surface area contributed by atoms with Crippen molar-refractivity contribution >= 4 is 6.09 Å². The predicted molar refractivity (Wildman–Crippen MR) is 87.2 cm³/mol. The number of piperidine rings is 1. The number of hydrogen-bond acceptors (Lipinski definition) is 2. The molecule has 1 unspecified atom stereocenters. The van der Waals surface area contributed by atoms with Gasteiger partial charge in [-0.3, -0.25) is 0 Å². The molecule has 1 atom stereocenters. The summed E-state index contributed by atoms with van der Waals surface area (Å²) in [6.45, 7) is 3.29. The van der Waals surface area contributed by atoms with Crippen LogP contribution in [-0.2, 0) is 0 Å². The summed E-state index contributed by atoms with van der Waals surface area (Å²) in [5.41, 5.74) is -0.118. The molecule has 2 fully saturated rings. The summed E-state index contributed by atoms with van der Waals surface area (Å²) in [7, 11) is 0. The molecule has 132 valence electrons. The number of carboxylic acid groups (broad SMARTS) is 1. The van der Waals surface area contributed by atoms with Crippen molar-refractivity contribution in [2.45, 2.75) is 31.9 Å². The first-order valence-electron chi connectivity index (χ1n) is 8.60. The van der Waals surface area contributed by atoms with E-state index < -0.39 is 17.7 Å². The molecule has 0 bridgehead atoms. The first kappa shape index (κ1) is 17.1. The Labute approximate surface area is 141 Å². The van der Waals surface area contributed by atoms with Crippen molar-refractivity contribution in [3.8, 4) is 0 Å². The first-order valence-corrected chi connectivity index (χ1v) is 8.60. The third-order valence-electron chi connectivity index (χ3n) is 5.47. The Morgan fingerprint density at radius 3 is 2.25 bits per heavy atom. The van der Waals surface area contributed by atoms with Crippen LogP contribution in [0.3, 0.4) is 0 Å². The van der Waals surface area contributed by atoms with Crippen molar-refractivity contribution in [2.24, 2.45) is 5.41 Å². The molecule has 0 radical (unpaired) electrons. The fourth-order valence-corrected chi connectivity index (χ4v) is 4.01. The van der Waals surface area contributed by atoms with E-state index in [1.165, 1.54) is 29.2 Å². The van der Waals surface area contributed by atoms with E-state index in [4.69, 9.17) is 5.11 Å². The molecule has 2 aliphatic heterocycles. The lowest BCUT2D eigenvalue weighted by Crippen LogP contribution is -2.49. The van der Waals surface area contributed by atoms with Crippen LogP contribution < -0.4 is 0 Å². The van der Waals surface area contributed by atoms with Crippen molar-refractivity contribution in [2.75, 3.05) is 32.7 Å². The number of alkyl halides is 1. The molecule has 1 aromatic carbocycles. The summed E-state index contributed by atoms with van der Waals surface area (Å²) in [5, 5.41) is 9.16. The molecule has 3 rings (SSSR count). The zero-order valence-electron chi connectivity index (χ0n) is 13.8. The second-order valence-corrected chi connectivity index (χ2v) is 7.03. The molecule has 6 heteroatoms. The van der Waals surface area contributed by atoms with Crippen LogP contribution >= 0.6 is 0 Å². The molecule has 1 amide bonds. The quantitative estimate of drug-likeness (QED) is 0.910. The Bertz CT molecular complexity index is 565. The molecule has 0 spiro atoms. The normalized spacial score (nSPS) is 22.5. The number of nitrogens with zero attached hydrogens (tertiary/aromatic N) is 2. The maximum absolute atomic E-state index is 15.5. The third-order valence-corrected chi connectivity index (χ3v) is 5.47. The van der Waals surface area contributed by atoms with Gasteiger partial charge in [0.15, 0.2) is 0 Å². The van der Waals surface area contributed by atoms with Gasteiger partial charge in [0.2, 0.25) is 0 Å². The second kappa shape index (κ2) is 7.05. The monoisotopic (exact) mass is 338 g/mol. The van der Waals surface area contributed by atoms with Crippen LogP contribution in [0, 0.1) is 11.2 Å². The highest BCUT2D eigenvalue weighted by Crippen LogP contribution is 2.46. The summed E-state index contributed by atoms with van der Waals surface area (Å²) in [6, 6.07) is 5.60. The van der Waals surface area contributed by atoms with Gasteiger partial charge in [0.05, 0.1) is 0 Å². The highest BCUT2D eigenvalue weighted by molar-refractivity contribution is 5.65. The summed E-state index contributed by atoms with van der Waals surface area (Å²) in [6.07, 6.45) is 1.09. The van der Waals surface area contributed by atoms with E-state index in [-0.39, 0.29) is 5.82 Å². The number of rotatable bonds is 4. The van der Waals surface area contributed by atoms with Crippen LogP contribution in [0.15, 0.2) is 24.3 Å². The Balaban J connectivity index is 1.81. The predicted octanol–water partition coefficient (Wildman–Crippen LogP) is 3.69. The van der Waals surface area contributed by atoms with Gasteiger partial charge in [0.25, 0.3) is 0 Å². The van der Waals surface area contributed by atoms with Crippen LogP contribution in [0.1, 0.15) is 37.4 Å². The molecule has 2 heterocycles. The molecule has 2 saturated heterocycles. The van der Waals surface area contributed by atoms with E-state index in [1.54, 1.807) is 0 Å². The molecule has 4 nitrogen and oxygen atoms in total. The lowest BCUT2D eigenvalue weighted by atomic mass is 9.72. The summed E-state index contributed by atoms with van der Waals surface area (Å²) >= 11 is 0. The summed E-state index contributed by atoms with van der Waals surface area (Å²) in [5.74, 6) is -0.375. The highest BCUT2D eigenvalue weighted by atomic mass is 19.1. The second-order valence-electron chi connectivity index (χ2n) is 7.03. The number of hydrogen-bond donors (Lipinski definition) is 1. The zero-order chi connectivity index (χ0) is 17.2. The van der Waals surface area contributed by atoms with Gasteiger partial charge in [-0.15, -0.1) is 0 Å². The Kier molecular flexibility index (Phi) is 5.04. The topological polar surface area (TPSA) is 43.8 Å². The van der Waals surface area contributed by atoms with E-state index in [0.717, 1.165) is 25.9 Å².